The zero-order valence-electron chi connectivity index (χ0n) is 9.11. The molecule has 1 atom stereocenters. The lowest BCUT2D eigenvalue weighted by atomic mass is 10.1. The van der Waals surface area contributed by atoms with Crippen LogP contribution in [0.15, 0.2) is 24.3 Å². The molecule has 2 nitrogen and oxygen atoms in total. The van der Waals surface area contributed by atoms with Crippen LogP contribution in [0.5, 0.6) is 0 Å². The second-order valence-corrected chi connectivity index (χ2v) is 4.16. The molecule has 0 radical (unpaired) electrons. The van der Waals surface area contributed by atoms with E-state index in [2.05, 4.69) is 5.92 Å². The molecule has 0 bridgehead atoms. The Kier molecular flexibility index (Phi) is 4.60. The summed E-state index contributed by atoms with van der Waals surface area (Å²) in [7, 11) is 3.61. The van der Waals surface area contributed by atoms with Crippen molar-refractivity contribution in [3.8, 4) is 12.3 Å². The summed E-state index contributed by atoms with van der Waals surface area (Å²) in [5, 5.41) is 1.02. The third kappa shape index (κ3) is 3.41. The normalized spacial score (nSPS) is 11.4. The van der Waals surface area contributed by atoms with Crippen LogP contribution >= 0.6 is 23.8 Å². The SMILES string of the molecule is C#CC(OC(=S)N(C)C)c1ccc(Cl)cc1. The van der Waals surface area contributed by atoms with Gasteiger partial charge in [0.1, 0.15) is 0 Å². The van der Waals surface area contributed by atoms with Crippen molar-refractivity contribution in [2.45, 2.75) is 6.10 Å². The smallest absolute Gasteiger partial charge is 0.260 e. The van der Waals surface area contributed by atoms with E-state index >= 15 is 0 Å². The average Bonchev–Trinajstić information content (AvgIpc) is 2.26. The molecule has 0 aliphatic rings. The Hall–Kier alpha value is -1.24. The molecule has 0 amide bonds. The molecule has 1 unspecified atom stereocenters. The monoisotopic (exact) mass is 253 g/mol. The van der Waals surface area contributed by atoms with Crippen molar-refractivity contribution in [1.82, 2.24) is 4.90 Å². The molecule has 0 aliphatic carbocycles. The predicted molar refractivity (Wildman–Crippen MR) is 70.4 cm³/mol. The first kappa shape index (κ1) is 12.8. The molecule has 0 saturated carbocycles. The van der Waals surface area contributed by atoms with Crippen molar-refractivity contribution in [2.24, 2.45) is 0 Å². The van der Waals surface area contributed by atoms with Crippen molar-refractivity contribution < 1.29 is 4.74 Å². The van der Waals surface area contributed by atoms with Gasteiger partial charge in [0.05, 0.1) is 0 Å². The fourth-order valence-corrected chi connectivity index (χ4v) is 1.26. The Labute approximate surface area is 106 Å². The molecular formula is C12H12ClNOS. The van der Waals surface area contributed by atoms with Gasteiger partial charge >= 0.3 is 0 Å². The van der Waals surface area contributed by atoms with Crippen LogP contribution in [-0.4, -0.2) is 24.2 Å². The number of hydrogen-bond donors (Lipinski definition) is 0. The van der Waals surface area contributed by atoms with Crippen LogP contribution in [0.2, 0.25) is 5.02 Å². The Morgan fingerprint density at radius 2 is 2.00 bits per heavy atom. The van der Waals surface area contributed by atoms with Crippen LogP contribution in [0.3, 0.4) is 0 Å². The minimum absolute atomic E-state index is 0.359. The van der Waals surface area contributed by atoms with Crippen molar-refractivity contribution in [1.29, 1.82) is 0 Å². The third-order valence-corrected chi connectivity index (χ3v) is 2.62. The van der Waals surface area contributed by atoms with Crippen LogP contribution in [0, 0.1) is 12.3 Å². The first-order chi connectivity index (χ1) is 7.54. The molecule has 0 saturated heterocycles. The first-order valence-electron chi connectivity index (χ1n) is 4.64. The minimum Gasteiger partial charge on any atom is -0.449 e. The van der Waals surface area contributed by atoms with Gasteiger partial charge in [0.25, 0.3) is 5.17 Å². The Morgan fingerprint density at radius 1 is 1.44 bits per heavy atom. The summed E-state index contributed by atoms with van der Waals surface area (Å²) in [5.41, 5.74) is 0.858. The maximum absolute atomic E-state index is 5.79. The van der Waals surface area contributed by atoms with Crippen LogP contribution < -0.4 is 0 Å². The van der Waals surface area contributed by atoms with Gasteiger partial charge < -0.3 is 9.64 Å². The lowest BCUT2D eigenvalue weighted by Gasteiger charge is -2.19. The summed E-state index contributed by atoms with van der Waals surface area (Å²) in [6.07, 6.45) is 4.93. The highest BCUT2D eigenvalue weighted by molar-refractivity contribution is 7.80. The van der Waals surface area contributed by atoms with E-state index in [1.807, 2.05) is 12.1 Å². The predicted octanol–water partition coefficient (Wildman–Crippen LogP) is 2.88. The lowest BCUT2D eigenvalue weighted by molar-refractivity contribution is 0.222. The molecule has 84 valence electrons. The number of hydrogen-bond acceptors (Lipinski definition) is 2. The molecule has 0 N–H and O–H groups in total. The quantitative estimate of drug-likeness (QED) is 0.594. The van der Waals surface area contributed by atoms with Crippen molar-refractivity contribution in [3.05, 3.63) is 34.9 Å². The number of halogens is 1. The first-order valence-corrected chi connectivity index (χ1v) is 5.42. The Bertz CT molecular complexity index is 408. The summed E-state index contributed by atoms with van der Waals surface area (Å²) in [5.74, 6) is 2.54. The van der Waals surface area contributed by atoms with E-state index < -0.39 is 6.10 Å². The molecule has 4 heteroatoms. The van der Waals surface area contributed by atoms with E-state index in [-0.39, 0.29) is 0 Å². The number of rotatable bonds is 2. The average molecular weight is 254 g/mol. The Balaban J connectivity index is 2.80. The second kappa shape index (κ2) is 5.74. The molecule has 1 aromatic rings. The zero-order valence-corrected chi connectivity index (χ0v) is 10.7. The molecule has 1 rings (SSSR count). The summed E-state index contributed by atoms with van der Waals surface area (Å²) >= 11 is 10.8. The zero-order chi connectivity index (χ0) is 12.1. The molecule has 0 heterocycles. The van der Waals surface area contributed by atoms with Gasteiger partial charge in [0.2, 0.25) is 0 Å². The van der Waals surface area contributed by atoms with Crippen LogP contribution in [0.1, 0.15) is 11.7 Å². The number of terminal acetylenes is 1. The molecule has 0 fully saturated rings. The highest BCUT2D eigenvalue weighted by atomic mass is 35.5. The molecule has 1 aromatic carbocycles. The fraction of sp³-hybridized carbons (Fsp3) is 0.250. The summed E-state index contributed by atoms with van der Waals surface area (Å²) in [4.78, 5) is 1.69. The number of benzene rings is 1. The maximum Gasteiger partial charge on any atom is 0.260 e. The van der Waals surface area contributed by atoms with E-state index in [1.54, 1.807) is 31.1 Å². The van der Waals surface area contributed by atoms with Crippen LogP contribution in [0.4, 0.5) is 0 Å². The maximum atomic E-state index is 5.79. The fourth-order valence-electron chi connectivity index (χ4n) is 1.04. The van der Waals surface area contributed by atoms with Gasteiger partial charge in [-0.15, -0.1) is 6.42 Å². The van der Waals surface area contributed by atoms with Crippen molar-refractivity contribution >= 4 is 29.0 Å². The van der Waals surface area contributed by atoms with Gasteiger partial charge in [0.15, 0.2) is 6.10 Å². The van der Waals surface area contributed by atoms with Gasteiger partial charge in [-0.25, -0.2) is 0 Å². The van der Waals surface area contributed by atoms with Gasteiger partial charge in [-0.1, -0.05) is 29.7 Å². The number of ether oxygens (including phenoxy) is 1. The summed E-state index contributed by atoms with van der Waals surface area (Å²) < 4.78 is 5.47. The minimum atomic E-state index is -0.479. The molecule has 0 aromatic heterocycles. The summed E-state index contributed by atoms with van der Waals surface area (Å²) in [6, 6.07) is 7.18. The molecule has 0 aliphatic heterocycles. The topological polar surface area (TPSA) is 12.5 Å². The number of nitrogens with zero attached hydrogens (tertiary/aromatic N) is 1. The Morgan fingerprint density at radius 3 is 2.44 bits per heavy atom. The highest BCUT2D eigenvalue weighted by Gasteiger charge is 2.12. The summed E-state index contributed by atoms with van der Waals surface area (Å²) in [6.45, 7) is 0. The third-order valence-electron chi connectivity index (χ3n) is 1.91. The molecule has 16 heavy (non-hydrogen) atoms. The standard InChI is InChI=1S/C12H12ClNOS/c1-4-11(15-12(16)14(2)3)9-5-7-10(13)8-6-9/h1,5-8,11H,2-3H3. The van der Waals surface area contributed by atoms with E-state index in [1.165, 1.54) is 0 Å². The lowest BCUT2D eigenvalue weighted by Crippen LogP contribution is -2.24. The van der Waals surface area contributed by atoms with Crippen molar-refractivity contribution in [2.75, 3.05) is 14.1 Å². The van der Waals surface area contributed by atoms with E-state index in [9.17, 15) is 0 Å². The number of thiocarbonyl (C=S) groups is 1. The highest BCUT2D eigenvalue weighted by Crippen LogP contribution is 2.19. The van der Waals surface area contributed by atoms with Crippen LogP contribution in [-0.2, 0) is 4.74 Å². The molecular weight excluding hydrogens is 242 g/mol. The van der Waals surface area contributed by atoms with E-state index in [0.717, 1.165) is 5.56 Å². The second-order valence-electron chi connectivity index (χ2n) is 3.38. The van der Waals surface area contributed by atoms with Gasteiger partial charge in [-0.3, -0.25) is 0 Å². The van der Waals surface area contributed by atoms with E-state index in [0.29, 0.717) is 10.2 Å². The van der Waals surface area contributed by atoms with Gasteiger partial charge in [-0.05, 0) is 24.4 Å². The van der Waals surface area contributed by atoms with Gasteiger partial charge in [0, 0.05) is 24.7 Å². The van der Waals surface area contributed by atoms with Crippen molar-refractivity contribution in [3.63, 3.8) is 0 Å². The van der Waals surface area contributed by atoms with Crippen LogP contribution in [0.25, 0.3) is 0 Å². The van der Waals surface area contributed by atoms with E-state index in [4.69, 9.17) is 35.0 Å². The largest absolute Gasteiger partial charge is 0.449 e. The molecule has 0 spiro atoms. The van der Waals surface area contributed by atoms with Gasteiger partial charge in [-0.2, -0.15) is 0 Å².